The van der Waals surface area contributed by atoms with E-state index in [4.69, 9.17) is 0 Å². The highest BCUT2D eigenvalue weighted by Crippen LogP contribution is 1.89. The Morgan fingerprint density at radius 2 is 1.62 bits per heavy atom. The van der Waals surface area contributed by atoms with Crippen LogP contribution in [-0.4, -0.2) is 19.3 Å². The molecule has 0 aromatic rings. The van der Waals surface area contributed by atoms with Gasteiger partial charge in [0.15, 0.2) is 0 Å². The van der Waals surface area contributed by atoms with E-state index in [2.05, 4.69) is 31.5 Å². The van der Waals surface area contributed by atoms with Crippen molar-refractivity contribution in [2.24, 2.45) is 10.7 Å². The van der Waals surface area contributed by atoms with Crippen LogP contribution in [0.25, 0.3) is 0 Å². The van der Waals surface area contributed by atoms with Crippen LogP contribution in [-0.2, 0) is 0 Å². The molecule has 0 atom stereocenters. The Labute approximate surface area is 84.6 Å². The van der Waals surface area contributed by atoms with Gasteiger partial charge in [-0.25, -0.2) is 0 Å². The predicted octanol–water partition coefficient (Wildman–Crippen LogP) is 3.26. The highest BCUT2D eigenvalue weighted by molar-refractivity contribution is 5.81. The third kappa shape index (κ3) is 24.5. The topological polar surface area (TPSA) is 38.4 Å². The molecule has 13 heavy (non-hydrogen) atoms. The van der Waals surface area contributed by atoms with Crippen LogP contribution in [0, 0.1) is 0 Å². The van der Waals surface area contributed by atoms with Gasteiger partial charge in [-0.05, 0) is 26.8 Å². The summed E-state index contributed by atoms with van der Waals surface area (Å²) in [6.07, 6.45) is 3.58. The molecule has 0 aliphatic carbocycles. The van der Waals surface area contributed by atoms with E-state index in [1.165, 1.54) is 25.6 Å². The molecule has 0 aromatic heterocycles. The average molecular weight is 188 g/mol. The lowest BCUT2D eigenvalue weighted by Gasteiger charge is -1.93. The minimum absolute atomic E-state index is 1.02. The minimum atomic E-state index is 1.02. The maximum Gasteiger partial charge on any atom is 0.0388 e. The zero-order valence-corrected chi connectivity index (χ0v) is 10.4. The second-order valence-electron chi connectivity index (χ2n) is 2.32. The van der Waals surface area contributed by atoms with Crippen molar-refractivity contribution >= 4 is 5.71 Å². The number of nitrogens with two attached hydrogens (primary N) is 1. The highest BCUT2D eigenvalue weighted by atomic mass is 14.7. The predicted molar refractivity (Wildman–Crippen MR) is 64.6 cm³/mol. The number of unbranched alkanes of at least 4 members (excludes halogenated alkanes) is 1. The molecule has 0 saturated heterocycles. The maximum atomic E-state index is 4.50. The molecule has 2 N–H and O–H groups in total. The molecule has 0 rings (SSSR count). The number of rotatable bonds is 4. The molecule has 0 aliphatic rings. The molecule has 0 spiro atoms. The quantitative estimate of drug-likeness (QED) is 0.534. The van der Waals surface area contributed by atoms with Gasteiger partial charge in [0.2, 0.25) is 0 Å². The first-order valence-corrected chi connectivity index (χ1v) is 5.38. The van der Waals surface area contributed by atoms with E-state index in [0.717, 1.165) is 13.0 Å². The SMILES string of the molecule is CC.CCCCN=C(C)CC.CN. The zero-order chi connectivity index (χ0) is 11.1. The lowest BCUT2D eigenvalue weighted by molar-refractivity contribution is 0.805. The van der Waals surface area contributed by atoms with Crippen LogP contribution < -0.4 is 5.73 Å². The van der Waals surface area contributed by atoms with Gasteiger partial charge in [-0.1, -0.05) is 34.1 Å². The van der Waals surface area contributed by atoms with Gasteiger partial charge in [0.05, 0.1) is 0 Å². The molecule has 0 amide bonds. The van der Waals surface area contributed by atoms with Crippen LogP contribution in [0.1, 0.15) is 53.9 Å². The summed E-state index contributed by atoms with van der Waals surface area (Å²) in [5.41, 5.74) is 5.78. The fraction of sp³-hybridized carbons (Fsp3) is 0.909. The molecule has 0 radical (unpaired) electrons. The van der Waals surface area contributed by atoms with Crippen LogP contribution in [0.4, 0.5) is 0 Å². The maximum absolute atomic E-state index is 4.50. The van der Waals surface area contributed by atoms with Crippen molar-refractivity contribution in [1.82, 2.24) is 0 Å². The zero-order valence-electron chi connectivity index (χ0n) is 10.4. The lowest BCUT2D eigenvalue weighted by atomic mass is 10.3. The molecule has 0 heterocycles. The summed E-state index contributed by atoms with van der Waals surface area (Å²) in [5.74, 6) is 0. The van der Waals surface area contributed by atoms with Gasteiger partial charge in [0.25, 0.3) is 0 Å². The Morgan fingerprint density at radius 1 is 1.15 bits per heavy atom. The highest BCUT2D eigenvalue weighted by Gasteiger charge is 1.83. The number of hydrogen-bond acceptors (Lipinski definition) is 2. The van der Waals surface area contributed by atoms with Crippen LogP contribution in [0.3, 0.4) is 0 Å². The molecule has 0 unspecified atom stereocenters. The van der Waals surface area contributed by atoms with E-state index >= 15 is 0 Å². The van der Waals surface area contributed by atoms with Crippen molar-refractivity contribution in [2.45, 2.75) is 53.9 Å². The van der Waals surface area contributed by atoms with Crippen LogP contribution in [0.2, 0.25) is 0 Å². The fourth-order valence-corrected chi connectivity index (χ4v) is 0.540. The van der Waals surface area contributed by atoms with Crippen molar-refractivity contribution in [3.8, 4) is 0 Å². The van der Waals surface area contributed by atoms with Crippen LogP contribution in [0.5, 0.6) is 0 Å². The molecule has 2 nitrogen and oxygen atoms in total. The molecule has 2 heteroatoms. The summed E-state index contributed by atoms with van der Waals surface area (Å²) in [4.78, 5) is 4.35. The van der Waals surface area contributed by atoms with Crippen molar-refractivity contribution in [2.75, 3.05) is 13.6 Å². The van der Waals surface area contributed by atoms with Gasteiger partial charge in [0.1, 0.15) is 0 Å². The Balaban J connectivity index is -0.000000218. The number of aliphatic imine (C=N–C) groups is 1. The summed E-state index contributed by atoms with van der Waals surface area (Å²) in [5, 5.41) is 0. The summed E-state index contributed by atoms with van der Waals surface area (Å²) in [7, 11) is 1.50. The van der Waals surface area contributed by atoms with Gasteiger partial charge in [-0.3, -0.25) is 4.99 Å². The van der Waals surface area contributed by atoms with Crippen molar-refractivity contribution in [1.29, 1.82) is 0 Å². The van der Waals surface area contributed by atoms with E-state index in [1.807, 2.05) is 13.8 Å². The first-order chi connectivity index (χ1) is 6.31. The van der Waals surface area contributed by atoms with Gasteiger partial charge >= 0.3 is 0 Å². The average Bonchev–Trinajstić information content (AvgIpc) is 2.24. The molecule has 0 saturated carbocycles. The normalized spacial score (nSPS) is 9.31. The second kappa shape index (κ2) is 22.6. The van der Waals surface area contributed by atoms with E-state index < -0.39 is 0 Å². The largest absolute Gasteiger partial charge is 0.333 e. The van der Waals surface area contributed by atoms with Crippen LogP contribution in [0.15, 0.2) is 4.99 Å². The monoisotopic (exact) mass is 188 g/mol. The third-order valence-electron chi connectivity index (χ3n) is 1.41. The van der Waals surface area contributed by atoms with Crippen molar-refractivity contribution in [3.63, 3.8) is 0 Å². The second-order valence-corrected chi connectivity index (χ2v) is 2.32. The Bertz CT molecular complexity index is 88.1. The number of nitrogens with zero attached hydrogens (tertiary/aromatic N) is 1. The lowest BCUT2D eigenvalue weighted by Crippen LogP contribution is -1.89. The summed E-state index contributed by atoms with van der Waals surface area (Å²) in [6, 6.07) is 0. The molecule has 0 fully saturated rings. The molecular formula is C11H28N2. The minimum Gasteiger partial charge on any atom is -0.333 e. The smallest absolute Gasteiger partial charge is 0.0388 e. The Hall–Kier alpha value is -0.370. The summed E-state index contributed by atoms with van der Waals surface area (Å²) in [6.45, 7) is 11.5. The van der Waals surface area contributed by atoms with E-state index in [-0.39, 0.29) is 0 Å². The standard InChI is InChI=1S/C8H17N.C2H6.CH5N/c1-4-6-7-9-8(3)5-2;2*1-2/h4-7H2,1-3H3;1-2H3;2H2,1H3. The van der Waals surface area contributed by atoms with Gasteiger partial charge in [-0.15, -0.1) is 0 Å². The van der Waals surface area contributed by atoms with E-state index in [0.29, 0.717) is 0 Å². The van der Waals surface area contributed by atoms with Gasteiger partial charge < -0.3 is 5.73 Å². The molecule has 0 bridgehead atoms. The fourth-order valence-electron chi connectivity index (χ4n) is 0.540. The molecule has 82 valence electrons. The van der Waals surface area contributed by atoms with Crippen molar-refractivity contribution in [3.05, 3.63) is 0 Å². The third-order valence-corrected chi connectivity index (χ3v) is 1.41. The summed E-state index contributed by atoms with van der Waals surface area (Å²) >= 11 is 0. The Morgan fingerprint density at radius 3 is 1.92 bits per heavy atom. The van der Waals surface area contributed by atoms with E-state index in [1.54, 1.807) is 0 Å². The van der Waals surface area contributed by atoms with Crippen LogP contribution >= 0.6 is 0 Å². The first-order valence-electron chi connectivity index (χ1n) is 5.38. The van der Waals surface area contributed by atoms with Crippen molar-refractivity contribution < 1.29 is 0 Å². The summed E-state index contributed by atoms with van der Waals surface area (Å²) < 4.78 is 0. The Kier molecular flexibility index (Phi) is 32.0. The van der Waals surface area contributed by atoms with Gasteiger partial charge in [0, 0.05) is 12.3 Å². The molecule has 0 aliphatic heterocycles. The molecular weight excluding hydrogens is 160 g/mol. The van der Waals surface area contributed by atoms with E-state index in [9.17, 15) is 0 Å². The van der Waals surface area contributed by atoms with Gasteiger partial charge in [-0.2, -0.15) is 0 Å². The first kappa shape index (κ1) is 18.4. The number of hydrogen-bond donors (Lipinski definition) is 1. The molecule has 0 aromatic carbocycles.